The van der Waals surface area contributed by atoms with Gasteiger partial charge in [0.2, 0.25) is 5.91 Å². The van der Waals surface area contributed by atoms with Gasteiger partial charge in [0.1, 0.15) is 12.0 Å². The van der Waals surface area contributed by atoms with Crippen LogP contribution in [0.15, 0.2) is 43.0 Å². The summed E-state index contributed by atoms with van der Waals surface area (Å²) in [6.45, 7) is 8.69. The monoisotopic (exact) mass is 510 g/mol. The van der Waals surface area contributed by atoms with Crippen LogP contribution >= 0.6 is 0 Å². The molecule has 6 rings (SSSR count). The maximum atomic E-state index is 13.4. The lowest BCUT2D eigenvalue weighted by atomic mass is 9.80. The van der Waals surface area contributed by atoms with Gasteiger partial charge in [-0.05, 0) is 66.2 Å². The number of H-pyrrole nitrogens is 1. The summed E-state index contributed by atoms with van der Waals surface area (Å²) in [6, 6.07) is 8.88. The predicted molar refractivity (Wildman–Crippen MR) is 151 cm³/mol. The van der Waals surface area contributed by atoms with Crippen molar-refractivity contribution in [1.82, 2.24) is 29.6 Å². The minimum Gasteiger partial charge on any atom is -0.342 e. The second kappa shape index (κ2) is 9.68. The highest BCUT2D eigenvalue weighted by molar-refractivity contribution is 5.94. The zero-order chi connectivity index (χ0) is 26.4. The molecule has 0 saturated carbocycles. The van der Waals surface area contributed by atoms with Crippen molar-refractivity contribution in [1.29, 1.82) is 0 Å². The summed E-state index contributed by atoms with van der Waals surface area (Å²) in [6.07, 6.45) is 11.7. The smallest absolute Gasteiger partial charge is 0.223 e. The number of carbonyl (C=O) groups is 1. The van der Waals surface area contributed by atoms with E-state index in [-0.39, 0.29) is 11.3 Å². The van der Waals surface area contributed by atoms with Crippen LogP contribution in [0.25, 0.3) is 33.5 Å². The van der Waals surface area contributed by atoms with E-state index >= 15 is 0 Å². The molecular formula is C31H38N6O. The highest BCUT2D eigenvalue weighted by atomic mass is 16.2. The third kappa shape index (κ3) is 4.74. The van der Waals surface area contributed by atoms with Crippen LogP contribution in [0.1, 0.15) is 69.9 Å². The van der Waals surface area contributed by atoms with E-state index in [1.807, 2.05) is 19.4 Å². The topological polar surface area (TPSA) is 79.7 Å². The first-order valence-electron chi connectivity index (χ1n) is 14.0. The van der Waals surface area contributed by atoms with Crippen molar-refractivity contribution in [3.63, 3.8) is 0 Å². The second-order valence-corrected chi connectivity index (χ2v) is 12.3. The van der Waals surface area contributed by atoms with Crippen LogP contribution in [-0.4, -0.2) is 48.6 Å². The van der Waals surface area contributed by atoms with Gasteiger partial charge in [-0.1, -0.05) is 39.3 Å². The third-order valence-corrected chi connectivity index (χ3v) is 8.73. The fourth-order valence-electron chi connectivity index (χ4n) is 6.36. The molecule has 38 heavy (non-hydrogen) atoms. The first kappa shape index (κ1) is 24.8. The van der Waals surface area contributed by atoms with E-state index in [2.05, 4.69) is 65.0 Å². The van der Waals surface area contributed by atoms with Crippen molar-refractivity contribution in [2.45, 2.75) is 65.2 Å². The molecule has 1 aliphatic carbocycles. The molecule has 2 aliphatic rings. The summed E-state index contributed by atoms with van der Waals surface area (Å²) in [5.74, 6) is 1.20. The Kier molecular flexibility index (Phi) is 6.33. The Morgan fingerprint density at radius 3 is 2.74 bits per heavy atom. The summed E-state index contributed by atoms with van der Waals surface area (Å²) >= 11 is 0. The second-order valence-electron chi connectivity index (χ2n) is 12.3. The van der Waals surface area contributed by atoms with Crippen molar-refractivity contribution in [3.05, 3.63) is 54.1 Å². The fourth-order valence-corrected chi connectivity index (χ4v) is 6.36. The quantitative estimate of drug-likeness (QED) is 0.336. The van der Waals surface area contributed by atoms with Gasteiger partial charge in [-0.2, -0.15) is 5.10 Å². The van der Waals surface area contributed by atoms with Crippen LogP contribution < -0.4 is 0 Å². The average molecular weight is 511 g/mol. The Morgan fingerprint density at radius 2 is 1.97 bits per heavy atom. The Bertz CT molecular complexity index is 1480. The molecule has 3 aromatic heterocycles. The van der Waals surface area contributed by atoms with Crippen LogP contribution in [0.4, 0.5) is 0 Å². The molecule has 1 amide bonds. The van der Waals surface area contributed by atoms with Crippen molar-refractivity contribution in [3.8, 4) is 22.5 Å². The molecule has 198 valence electrons. The van der Waals surface area contributed by atoms with Gasteiger partial charge < -0.3 is 9.88 Å². The molecule has 1 saturated heterocycles. The molecule has 4 aromatic rings. The van der Waals surface area contributed by atoms with Crippen molar-refractivity contribution >= 4 is 16.9 Å². The van der Waals surface area contributed by atoms with Gasteiger partial charge in [0.05, 0.1) is 17.6 Å². The first-order chi connectivity index (χ1) is 18.3. The predicted octanol–water partition coefficient (Wildman–Crippen LogP) is 6.12. The number of amides is 1. The minimum atomic E-state index is 0.255. The molecule has 0 bridgehead atoms. The fraction of sp³-hybridized carbons (Fsp3) is 0.484. The van der Waals surface area contributed by atoms with E-state index in [9.17, 15) is 4.79 Å². The number of aromatic amines is 1. The zero-order valence-electron chi connectivity index (χ0n) is 23.0. The Morgan fingerprint density at radius 1 is 1.11 bits per heavy atom. The molecule has 0 radical (unpaired) electrons. The van der Waals surface area contributed by atoms with E-state index in [0.29, 0.717) is 18.2 Å². The van der Waals surface area contributed by atoms with E-state index in [0.717, 1.165) is 78.7 Å². The third-order valence-electron chi connectivity index (χ3n) is 8.73. The van der Waals surface area contributed by atoms with Crippen molar-refractivity contribution in [2.24, 2.45) is 18.4 Å². The highest BCUT2D eigenvalue weighted by Crippen LogP contribution is 2.38. The Balaban J connectivity index is 1.27. The molecule has 1 aliphatic heterocycles. The summed E-state index contributed by atoms with van der Waals surface area (Å²) in [7, 11) is 1.92. The van der Waals surface area contributed by atoms with Gasteiger partial charge in [-0.15, -0.1) is 0 Å². The van der Waals surface area contributed by atoms with Crippen LogP contribution in [0, 0.1) is 11.3 Å². The maximum absolute atomic E-state index is 13.4. The van der Waals surface area contributed by atoms with Gasteiger partial charge in [-0.25, -0.2) is 9.97 Å². The first-order valence-corrected chi connectivity index (χ1v) is 14.0. The van der Waals surface area contributed by atoms with E-state index in [1.165, 1.54) is 11.1 Å². The number of fused-ring (bicyclic) bond motifs is 2. The number of hydrogen-bond acceptors (Lipinski definition) is 4. The standard InChI is InChI=1S/C31H38N6O/c1-31(2,3)24-11-12-37(18-24)28(38)14-21-8-6-5-7-20-13-22(9-10-25(20)21)29-26-15-27(23-16-34-36(4)17-23)35-30(26)33-19-32-29/h9-10,13,15-17,19,21,24H,5-8,11-12,14,18H2,1-4H3,(H,32,33,35). The number of carbonyl (C=O) groups excluding carboxylic acids is 1. The highest BCUT2D eigenvalue weighted by Gasteiger charge is 2.34. The lowest BCUT2D eigenvalue weighted by Crippen LogP contribution is -2.32. The van der Waals surface area contributed by atoms with Crippen molar-refractivity contribution < 1.29 is 4.79 Å². The van der Waals surface area contributed by atoms with Crippen LogP contribution in [0.2, 0.25) is 0 Å². The van der Waals surface area contributed by atoms with Crippen LogP contribution in [0.5, 0.6) is 0 Å². The Hall–Kier alpha value is -3.48. The van der Waals surface area contributed by atoms with Gasteiger partial charge >= 0.3 is 0 Å². The Labute approximate surface area is 224 Å². The molecule has 1 aromatic carbocycles. The van der Waals surface area contributed by atoms with Gasteiger partial charge in [0, 0.05) is 49.3 Å². The number of nitrogens with one attached hydrogen (secondary N) is 1. The summed E-state index contributed by atoms with van der Waals surface area (Å²) in [5.41, 5.74) is 7.84. The zero-order valence-corrected chi connectivity index (χ0v) is 23.0. The molecule has 1 N–H and O–H groups in total. The van der Waals surface area contributed by atoms with E-state index in [4.69, 9.17) is 4.98 Å². The number of benzene rings is 1. The average Bonchev–Trinajstić information content (AvgIpc) is 3.62. The molecule has 7 nitrogen and oxygen atoms in total. The van der Waals surface area contributed by atoms with Crippen LogP contribution in [0.3, 0.4) is 0 Å². The summed E-state index contributed by atoms with van der Waals surface area (Å²) < 4.78 is 1.80. The molecule has 2 atom stereocenters. The van der Waals surface area contributed by atoms with E-state index in [1.54, 1.807) is 11.0 Å². The van der Waals surface area contributed by atoms with Crippen LogP contribution in [-0.2, 0) is 18.3 Å². The number of nitrogens with zero attached hydrogens (tertiary/aromatic N) is 5. The molecule has 4 heterocycles. The number of likely N-dealkylation sites (tertiary alicyclic amines) is 1. The normalized spacial score (nSPS) is 20.1. The minimum absolute atomic E-state index is 0.255. The van der Waals surface area contributed by atoms with Gasteiger partial charge in [0.25, 0.3) is 0 Å². The number of rotatable bonds is 4. The largest absolute Gasteiger partial charge is 0.342 e. The maximum Gasteiger partial charge on any atom is 0.223 e. The molecule has 1 fully saturated rings. The molecule has 7 heteroatoms. The molecular weight excluding hydrogens is 472 g/mol. The lowest BCUT2D eigenvalue weighted by molar-refractivity contribution is -0.130. The number of aryl methyl sites for hydroxylation is 2. The van der Waals surface area contributed by atoms with Gasteiger partial charge in [-0.3, -0.25) is 9.48 Å². The van der Waals surface area contributed by atoms with Crippen molar-refractivity contribution in [2.75, 3.05) is 13.1 Å². The molecule has 2 unspecified atom stereocenters. The summed E-state index contributed by atoms with van der Waals surface area (Å²) in [5, 5.41) is 5.31. The lowest BCUT2D eigenvalue weighted by Gasteiger charge is -2.27. The number of hydrogen-bond donors (Lipinski definition) is 1. The molecule has 0 spiro atoms. The summed E-state index contributed by atoms with van der Waals surface area (Å²) in [4.78, 5) is 28.1. The number of aromatic nitrogens is 5. The van der Waals surface area contributed by atoms with Gasteiger partial charge in [0.15, 0.2) is 0 Å². The van der Waals surface area contributed by atoms with E-state index < -0.39 is 0 Å². The SMILES string of the molecule is Cn1cc(-c2cc3c(-c4ccc5c(c4)CCCCC5CC(=O)N4CCC(C(C)(C)C)C4)ncnc3[nH]2)cn1.